The van der Waals surface area contributed by atoms with Gasteiger partial charge in [-0.2, -0.15) is 0 Å². The summed E-state index contributed by atoms with van der Waals surface area (Å²) in [5, 5.41) is 68.3. The minimum atomic E-state index is -2.74. The molecule has 0 aromatic heterocycles. The zero-order chi connectivity index (χ0) is 26.4. The van der Waals surface area contributed by atoms with Crippen LogP contribution in [0.2, 0.25) is 0 Å². The van der Waals surface area contributed by atoms with E-state index in [1.807, 2.05) is 0 Å². The molecule has 0 amide bonds. The molecule has 17 nitrogen and oxygen atoms in total. The summed E-state index contributed by atoms with van der Waals surface area (Å²) >= 11 is 0. The quantitative estimate of drug-likeness (QED) is 0.0809. The van der Waals surface area contributed by atoms with Crippen molar-refractivity contribution < 1.29 is 109 Å². The molecule has 0 saturated carbocycles. The van der Waals surface area contributed by atoms with Crippen molar-refractivity contribution in [2.45, 2.75) is 18.4 Å². The third-order valence-corrected chi connectivity index (χ3v) is 3.45. The van der Waals surface area contributed by atoms with Crippen LogP contribution < -0.4 is 0 Å². The summed E-state index contributed by atoms with van der Waals surface area (Å²) in [6.45, 7) is -2.25. The number of carboxylic acid groups (broad SMARTS) is 7. The van der Waals surface area contributed by atoms with Crippen LogP contribution in [0.15, 0.2) is 0 Å². The Labute approximate surface area is 217 Å². The number of rotatable bonds is 16. The minimum absolute atomic E-state index is 0. The van der Waals surface area contributed by atoms with Crippen LogP contribution in [0.1, 0.15) is 12.8 Å². The van der Waals surface area contributed by atoms with Gasteiger partial charge >= 0.3 is 41.8 Å². The number of aliphatic hydroxyl groups is 1. The van der Waals surface area contributed by atoms with Crippen molar-refractivity contribution in [2.24, 2.45) is 0 Å². The van der Waals surface area contributed by atoms with Gasteiger partial charge in [-0.15, -0.1) is 0 Å². The Morgan fingerprint density at radius 2 is 0.714 bits per heavy atom. The van der Waals surface area contributed by atoms with Crippen LogP contribution in [0.25, 0.3) is 0 Å². The van der Waals surface area contributed by atoms with E-state index in [4.69, 9.17) is 40.9 Å². The van der Waals surface area contributed by atoms with Crippen LogP contribution in [0, 0.1) is 0 Å². The van der Waals surface area contributed by atoms with Gasteiger partial charge < -0.3 is 40.9 Å². The van der Waals surface area contributed by atoms with E-state index in [-0.39, 0.29) is 47.2 Å². The van der Waals surface area contributed by atoms with Crippen molar-refractivity contribution in [1.82, 2.24) is 9.80 Å². The third-order valence-electron chi connectivity index (χ3n) is 3.45. The Kier molecular flexibility index (Phi) is 22.0. The van der Waals surface area contributed by atoms with E-state index >= 15 is 0 Å². The van der Waals surface area contributed by atoms with E-state index in [0.29, 0.717) is 0 Å². The Morgan fingerprint density at radius 1 is 0.486 bits per heavy atom. The van der Waals surface area contributed by atoms with E-state index in [1.165, 1.54) is 0 Å². The zero-order valence-corrected chi connectivity index (χ0v) is 19.9. The fourth-order valence-corrected chi connectivity index (χ4v) is 2.19. The number of nitrogens with zero attached hydrogens (tertiary/aromatic N) is 2. The van der Waals surface area contributed by atoms with Gasteiger partial charge in [-0.05, 0) is 0 Å². The van der Waals surface area contributed by atoms with Gasteiger partial charge in [0.25, 0.3) is 0 Å². The number of carboxylic acids is 7. The molecule has 0 aromatic carbocycles. The normalized spacial score (nSPS) is 10.1. The van der Waals surface area contributed by atoms with E-state index in [2.05, 4.69) is 0 Å². The fourth-order valence-electron chi connectivity index (χ4n) is 2.19. The van der Waals surface area contributed by atoms with E-state index < -0.39 is 86.4 Å². The molecule has 19 heteroatoms. The van der Waals surface area contributed by atoms with Crippen LogP contribution >= 0.6 is 0 Å². The molecule has 0 bridgehead atoms. The van der Waals surface area contributed by atoms with Crippen LogP contribution in [-0.4, -0.2) is 137 Å². The summed E-state index contributed by atoms with van der Waals surface area (Å²) in [6, 6.07) is 0. The monoisotopic (exact) mass is 596 g/mol. The molecule has 0 fully saturated rings. The van der Waals surface area contributed by atoms with Crippen LogP contribution in [0.3, 0.4) is 0 Å². The smallest absolute Gasteiger partial charge is 0.336 e. The number of hydrogen-bond acceptors (Lipinski definition) is 10. The molecule has 0 spiro atoms. The summed E-state index contributed by atoms with van der Waals surface area (Å²) in [7, 11) is 0. The van der Waals surface area contributed by atoms with Gasteiger partial charge in [-0.25, -0.2) is 4.79 Å². The van der Waals surface area contributed by atoms with Gasteiger partial charge in [0.1, 0.15) is 0 Å². The first-order valence-corrected chi connectivity index (χ1v) is 8.69. The average molecular weight is 596 g/mol. The summed E-state index contributed by atoms with van der Waals surface area (Å²) in [5.41, 5.74) is -2.74. The maximum Gasteiger partial charge on any atom is 0.336 e. The molecule has 0 rings (SSSR count). The molecule has 0 heterocycles. The van der Waals surface area contributed by atoms with Gasteiger partial charge in [0.2, 0.25) is 0 Å². The third kappa shape index (κ3) is 22.8. The first-order chi connectivity index (χ1) is 15.0. The molecule has 0 atom stereocenters. The summed E-state index contributed by atoms with van der Waals surface area (Å²) < 4.78 is 0. The zero-order valence-electron chi connectivity index (χ0n) is 17.7. The van der Waals surface area contributed by atoms with Gasteiger partial charge in [-0.3, -0.25) is 38.6 Å². The molecule has 204 valence electrons. The van der Waals surface area contributed by atoms with E-state index in [1.54, 1.807) is 0 Å². The Balaban J connectivity index is -0.000000281. The molecule has 0 aliphatic carbocycles. The van der Waals surface area contributed by atoms with Crippen molar-refractivity contribution in [1.29, 1.82) is 0 Å². The van der Waals surface area contributed by atoms with Crippen LogP contribution in [0.4, 0.5) is 0 Å². The maximum absolute atomic E-state index is 10.6. The number of hydrogen-bond donors (Lipinski definition) is 8. The number of aliphatic carboxylic acids is 7. The van der Waals surface area contributed by atoms with Gasteiger partial charge in [0.05, 0.1) is 39.0 Å². The molecule has 0 aromatic rings. The van der Waals surface area contributed by atoms with E-state index in [9.17, 15) is 33.6 Å². The summed E-state index contributed by atoms with van der Waals surface area (Å²) in [6.07, 6.45) is -2.29. The largest absolute Gasteiger partial charge is 0.481 e. The van der Waals surface area contributed by atoms with Gasteiger partial charge in [-0.1, -0.05) is 0 Å². The predicted octanol–water partition coefficient (Wildman–Crippen LogP) is -3.32. The Morgan fingerprint density at radius 3 is 0.857 bits per heavy atom. The topological polar surface area (TPSA) is 288 Å². The molecule has 0 aliphatic rings. The maximum atomic E-state index is 10.6. The van der Waals surface area contributed by atoms with Crippen molar-refractivity contribution >= 4 is 41.8 Å². The minimum Gasteiger partial charge on any atom is -0.481 e. The Bertz CT molecular complexity index is 677. The molecular weight excluding hydrogens is 572 g/mol. The van der Waals surface area contributed by atoms with Gasteiger partial charge in [0.15, 0.2) is 5.60 Å². The van der Waals surface area contributed by atoms with Crippen LogP contribution in [0.5, 0.6) is 0 Å². The molecule has 0 aliphatic heterocycles. The van der Waals surface area contributed by atoms with E-state index in [0.717, 1.165) is 9.80 Å². The second-order valence-corrected chi connectivity index (χ2v) is 6.47. The Hall–Kier alpha value is -2.79. The predicted molar refractivity (Wildman–Crippen MR) is 101 cm³/mol. The SMILES string of the molecule is O=C(O)CC(O)(CC(=O)O)C(=O)O.O=C(O)CN(CCN(CC(=O)O)CC(=O)O)CC(=O)O.[Fe].[Fe]. The molecule has 0 saturated heterocycles. The fraction of sp³-hybridized carbons (Fsp3) is 0.562. The van der Waals surface area contributed by atoms with Crippen LogP contribution in [-0.2, 0) is 67.7 Å². The molecule has 0 unspecified atom stereocenters. The second kappa shape index (κ2) is 19.5. The molecule has 8 N–H and O–H groups in total. The van der Waals surface area contributed by atoms with Crippen molar-refractivity contribution in [3.8, 4) is 0 Å². The molecular formula is C16H24Fe2N2O15. The van der Waals surface area contributed by atoms with Crippen molar-refractivity contribution in [3.63, 3.8) is 0 Å². The number of carbonyl (C=O) groups is 7. The second-order valence-electron chi connectivity index (χ2n) is 6.47. The van der Waals surface area contributed by atoms with Gasteiger partial charge in [0, 0.05) is 47.2 Å². The van der Waals surface area contributed by atoms with Crippen molar-refractivity contribution in [3.05, 3.63) is 0 Å². The standard InChI is InChI=1S/C10H16N2O8.C6H8O7.2Fe/c13-7(14)3-11(4-8(15)16)1-2-12(5-9(17)18)6-10(19)20;7-3(8)1-6(13,5(11)12)2-4(9)10;;/h1-6H2,(H,13,14)(H,15,16)(H,17,18)(H,19,20);13H,1-2H2,(H,7,8)(H,9,10)(H,11,12);;. The summed E-state index contributed by atoms with van der Waals surface area (Å²) in [4.78, 5) is 74.8. The first kappa shape index (κ1) is 39.4. The first-order valence-electron chi connectivity index (χ1n) is 8.69. The average Bonchev–Trinajstić information content (AvgIpc) is 2.56. The molecule has 0 radical (unpaired) electrons. The van der Waals surface area contributed by atoms with Crippen molar-refractivity contribution in [2.75, 3.05) is 39.3 Å². The summed E-state index contributed by atoms with van der Waals surface area (Å²) in [5.74, 6) is -9.93. The molecule has 35 heavy (non-hydrogen) atoms.